The van der Waals surface area contributed by atoms with Crippen molar-refractivity contribution in [2.45, 2.75) is 157 Å². The van der Waals surface area contributed by atoms with E-state index >= 15 is 0 Å². The van der Waals surface area contributed by atoms with Crippen LogP contribution in [0.4, 0.5) is 37.9 Å². The molecule has 0 radical (unpaired) electrons. The van der Waals surface area contributed by atoms with Gasteiger partial charge in [0, 0.05) is 24.9 Å². The molecule has 6 N–H and O–H groups in total. The summed E-state index contributed by atoms with van der Waals surface area (Å²) < 4.78 is 28.1. The van der Waals surface area contributed by atoms with Crippen molar-refractivity contribution in [3.05, 3.63) is 21.5 Å². The minimum Gasteiger partial charge on any atom is -0.443 e. The Bertz CT molecular complexity index is 2030. The van der Waals surface area contributed by atoms with Crippen LogP contribution >= 0.6 is 0 Å². The lowest BCUT2D eigenvalue weighted by atomic mass is 9.90. The molecular formula is C41H66N8O12Si. The van der Waals surface area contributed by atoms with Gasteiger partial charge in [0.1, 0.15) is 40.6 Å². The summed E-state index contributed by atoms with van der Waals surface area (Å²) in [5.74, 6) is -1.50. The van der Waals surface area contributed by atoms with Crippen molar-refractivity contribution in [2.24, 2.45) is 11.8 Å². The number of fused-ring (bicyclic) bond motifs is 2. The minimum atomic E-state index is -2.24. The van der Waals surface area contributed by atoms with Crippen molar-refractivity contribution in [1.82, 2.24) is 19.9 Å². The largest absolute Gasteiger partial charge is 0.515 e. The molecule has 0 saturated carbocycles. The molecule has 20 nitrogen and oxygen atoms in total. The highest BCUT2D eigenvalue weighted by Crippen LogP contribution is 2.39. The van der Waals surface area contributed by atoms with Gasteiger partial charge in [-0.3, -0.25) is 19.4 Å². The number of hydrogen-bond donors (Lipinski definition) is 5. The highest BCUT2D eigenvalue weighted by atomic mass is 28.4. The number of ketones is 2. The Balaban J connectivity index is 0.000000497. The number of rotatable bonds is 8. The van der Waals surface area contributed by atoms with Crippen molar-refractivity contribution < 1.29 is 52.5 Å². The van der Waals surface area contributed by atoms with Crippen molar-refractivity contribution in [3.8, 4) is 5.88 Å². The van der Waals surface area contributed by atoms with E-state index in [1.165, 1.54) is 6.92 Å². The van der Waals surface area contributed by atoms with Gasteiger partial charge in [0.2, 0.25) is 17.8 Å². The third-order valence-corrected chi connectivity index (χ3v) is 14.3. The van der Waals surface area contributed by atoms with Gasteiger partial charge >= 0.3 is 18.3 Å². The molecule has 4 rings (SSSR count). The van der Waals surface area contributed by atoms with Crippen LogP contribution in [0.5, 0.6) is 5.88 Å². The molecule has 2 aromatic rings. The van der Waals surface area contributed by atoms with Crippen molar-refractivity contribution >= 4 is 61.8 Å². The molecule has 0 aliphatic carbocycles. The van der Waals surface area contributed by atoms with E-state index in [1.807, 2.05) is 0 Å². The zero-order chi connectivity index (χ0) is 47.5. The maximum absolute atomic E-state index is 13.6. The number of aliphatic hydroxyl groups excluding tert-OH is 1. The molecule has 2 amide bonds. The average molecular weight is 891 g/mol. The lowest BCUT2D eigenvalue weighted by Gasteiger charge is -2.39. The van der Waals surface area contributed by atoms with Crippen LogP contribution in [0.15, 0.2) is 4.79 Å². The maximum Gasteiger partial charge on any atom is 0.515 e. The Kier molecular flexibility index (Phi) is 15.8. The van der Waals surface area contributed by atoms with Gasteiger partial charge < -0.3 is 44.8 Å². The van der Waals surface area contributed by atoms with Crippen LogP contribution in [0.1, 0.15) is 108 Å². The van der Waals surface area contributed by atoms with Gasteiger partial charge in [0.05, 0.1) is 11.1 Å². The number of nitrogens with one attached hydrogen (secondary N) is 3. The summed E-state index contributed by atoms with van der Waals surface area (Å²) in [7, 11) is -2.24. The highest BCUT2D eigenvalue weighted by molar-refractivity contribution is 6.74. The molecule has 4 atom stereocenters. The minimum absolute atomic E-state index is 0.0431. The van der Waals surface area contributed by atoms with E-state index < -0.39 is 73.5 Å². The Morgan fingerprint density at radius 2 is 1.21 bits per heavy atom. The van der Waals surface area contributed by atoms with Gasteiger partial charge in [-0.15, -0.1) is 4.90 Å². The summed E-state index contributed by atoms with van der Waals surface area (Å²) in [6, 6.07) is 0. The number of aromatic amines is 1. The molecule has 0 bridgehead atoms. The quantitative estimate of drug-likeness (QED) is 0.117. The van der Waals surface area contributed by atoms with E-state index in [4.69, 9.17) is 29.1 Å². The average Bonchev–Trinajstić information content (AvgIpc) is 3.08. The van der Waals surface area contributed by atoms with E-state index in [0.29, 0.717) is 28.4 Å². The SMILES string of the molecule is C[C@H](O)C(=O)[C@H]1CNc2nc(N)[nH]c(=O)c2C1.C[C@H](O[Si](C)(C)C(C)(C)C)C(=O)[C@H]1CNc2nc(N(C(=O)OC(C)(C)C)C(=O)OC(C)(C)C)nc(OC(=O)OC(C)(C)C)c2C1. The number of aliphatic hydroxyl groups is 1. The molecule has 0 spiro atoms. The number of anilines is 4. The monoisotopic (exact) mass is 890 g/mol. The standard InChI is InChI=1S/C31H52N4O9Si.C10H14N4O3/c1-18(44-45(14,15)31(11,12)13)21(36)19-16-20-22(32-17-19)33-24(34-23(20)40-27(39)43-30(8,9)10)35(25(37)41-28(2,3)4)26(38)42-29(5,6)7;1-4(15)7(16)5-2-6-8(12-3-5)13-10(11)14-9(6)17/h18-19H,16-17H2,1-15H3,(H,32,33,34);4-5,15H,2-3H2,1H3,(H4,11,12,13,14,17)/t18-,19+;4-,5+/m00/s1. The van der Waals surface area contributed by atoms with Gasteiger partial charge in [-0.05, 0) is 107 Å². The molecule has 4 heterocycles. The van der Waals surface area contributed by atoms with Crippen LogP contribution in [0.25, 0.3) is 0 Å². The second-order valence-corrected chi connectivity index (χ2v) is 24.6. The number of aromatic nitrogens is 4. The molecule has 0 aromatic carbocycles. The number of ether oxygens (including phenoxy) is 4. The number of carbonyl (C=O) groups excluding carboxylic acids is 5. The number of amides is 2. The first-order chi connectivity index (χ1) is 28.1. The van der Waals surface area contributed by atoms with Gasteiger partial charge in [-0.25, -0.2) is 14.4 Å². The zero-order valence-corrected chi connectivity index (χ0v) is 39.9. The lowest BCUT2D eigenvalue weighted by molar-refractivity contribution is -0.130. The van der Waals surface area contributed by atoms with E-state index in [9.17, 15) is 33.9 Å². The van der Waals surface area contributed by atoms with E-state index in [-0.39, 0.29) is 59.2 Å². The molecule has 346 valence electrons. The molecule has 2 aliphatic rings. The van der Waals surface area contributed by atoms with Crippen LogP contribution in [0, 0.1) is 11.8 Å². The second kappa shape index (κ2) is 19.1. The van der Waals surface area contributed by atoms with Crippen LogP contribution in [-0.2, 0) is 41.1 Å². The van der Waals surface area contributed by atoms with Crippen molar-refractivity contribution in [3.63, 3.8) is 0 Å². The van der Waals surface area contributed by atoms with Gasteiger partial charge in [0.25, 0.3) is 5.56 Å². The highest BCUT2D eigenvalue weighted by Gasteiger charge is 2.42. The third-order valence-electron chi connectivity index (χ3n) is 9.74. The predicted molar refractivity (Wildman–Crippen MR) is 234 cm³/mol. The number of H-pyrrole nitrogens is 1. The number of imide groups is 1. The first kappa shape index (κ1) is 51.2. The maximum atomic E-state index is 13.6. The number of nitrogens with zero attached hydrogens (tertiary/aromatic N) is 4. The summed E-state index contributed by atoms with van der Waals surface area (Å²) in [5, 5.41) is 15.1. The second-order valence-electron chi connectivity index (χ2n) is 19.9. The normalized spacial score (nSPS) is 17.5. The molecule has 62 heavy (non-hydrogen) atoms. The number of nitrogen functional groups attached to an aromatic ring is 1. The molecule has 2 aromatic heterocycles. The van der Waals surface area contributed by atoms with E-state index in [2.05, 4.69) is 64.4 Å². The van der Waals surface area contributed by atoms with E-state index in [0.717, 1.165) is 0 Å². The number of carbonyl (C=O) groups is 5. The molecule has 2 aliphatic heterocycles. The fourth-order valence-electron chi connectivity index (χ4n) is 5.85. The molecule has 0 unspecified atom stereocenters. The molecule has 0 fully saturated rings. The molecule has 0 saturated heterocycles. The lowest BCUT2D eigenvalue weighted by Crippen LogP contribution is -2.47. The Labute approximate surface area is 363 Å². The smallest absolute Gasteiger partial charge is 0.443 e. The fourth-order valence-corrected chi connectivity index (χ4v) is 7.20. The van der Waals surface area contributed by atoms with Crippen LogP contribution in [-0.4, -0.2) is 105 Å². The zero-order valence-electron chi connectivity index (χ0n) is 38.9. The Morgan fingerprint density at radius 3 is 1.68 bits per heavy atom. The Hall–Kier alpha value is -5.15. The van der Waals surface area contributed by atoms with Gasteiger partial charge in [0.15, 0.2) is 19.9 Å². The predicted octanol–water partition coefficient (Wildman–Crippen LogP) is 5.92. The van der Waals surface area contributed by atoms with Crippen LogP contribution in [0.2, 0.25) is 18.1 Å². The first-order valence-corrected chi connectivity index (χ1v) is 23.4. The summed E-state index contributed by atoms with van der Waals surface area (Å²) in [6.45, 7) is 29.0. The number of nitrogens with two attached hydrogens (primary N) is 1. The van der Waals surface area contributed by atoms with Gasteiger partial charge in [-0.1, -0.05) is 20.8 Å². The summed E-state index contributed by atoms with van der Waals surface area (Å²) in [6.07, 6.45) is -4.59. The molecular weight excluding hydrogens is 825 g/mol. The summed E-state index contributed by atoms with van der Waals surface area (Å²) in [4.78, 5) is 91.9. The van der Waals surface area contributed by atoms with Crippen molar-refractivity contribution in [2.75, 3.05) is 34.4 Å². The summed E-state index contributed by atoms with van der Waals surface area (Å²) >= 11 is 0. The van der Waals surface area contributed by atoms with Crippen LogP contribution < -0.4 is 31.6 Å². The fraction of sp³-hybridized carbons (Fsp3) is 0.683. The Morgan fingerprint density at radius 1 is 0.742 bits per heavy atom. The third kappa shape index (κ3) is 14.2. The van der Waals surface area contributed by atoms with Gasteiger partial charge in [-0.2, -0.15) is 15.0 Å². The topological polar surface area (TPSA) is 277 Å². The van der Waals surface area contributed by atoms with Crippen molar-refractivity contribution in [1.29, 1.82) is 0 Å². The van der Waals surface area contributed by atoms with E-state index in [1.54, 1.807) is 69.2 Å². The summed E-state index contributed by atoms with van der Waals surface area (Å²) in [5.41, 5.74) is 2.93. The molecule has 21 heteroatoms. The first-order valence-electron chi connectivity index (χ1n) is 20.5. The number of Topliss-reactive ketones (excluding diaryl/α,β-unsaturated/α-hetero) is 2. The van der Waals surface area contributed by atoms with Crippen LogP contribution in [0.3, 0.4) is 0 Å². The number of hydrogen-bond acceptors (Lipinski definition) is 18.